The Balaban J connectivity index is 0.00000364. The van der Waals surface area contributed by atoms with Gasteiger partial charge in [-0.25, -0.2) is 4.98 Å². The van der Waals surface area contributed by atoms with Crippen LogP contribution in [0.25, 0.3) is 11.3 Å². The van der Waals surface area contributed by atoms with Crippen LogP contribution in [0.5, 0.6) is 11.5 Å². The summed E-state index contributed by atoms with van der Waals surface area (Å²) in [6.07, 6.45) is 1.36. The SMILES string of the molecule is CCC(=O)N(CCCN(C)C)c1nc(-c2cc(OC)ccc2OC)cs1.[Cl-]. The van der Waals surface area contributed by atoms with Gasteiger partial charge in [0.05, 0.1) is 19.9 Å². The molecule has 0 aliphatic heterocycles. The van der Waals surface area contributed by atoms with Crippen molar-refractivity contribution in [3.8, 4) is 22.8 Å². The van der Waals surface area contributed by atoms with Crippen LogP contribution >= 0.6 is 11.3 Å². The van der Waals surface area contributed by atoms with E-state index in [1.165, 1.54) is 11.3 Å². The summed E-state index contributed by atoms with van der Waals surface area (Å²) in [5, 5.41) is 2.67. The molecule has 8 heteroatoms. The first-order valence-corrected chi connectivity index (χ1v) is 9.51. The first-order chi connectivity index (χ1) is 12.5. The summed E-state index contributed by atoms with van der Waals surface area (Å²) < 4.78 is 10.8. The molecule has 0 saturated carbocycles. The van der Waals surface area contributed by atoms with Gasteiger partial charge >= 0.3 is 0 Å². The lowest BCUT2D eigenvalue weighted by Crippen LogP contribution is -3.00. The fourth-order valence-electron chi connectivity index (χ4n) is 2.59. The lowest BCUT2D eigenvalue weighted by atomic mass is 10.1. The molecule has 6 nitrogen and oxygen atoms in total. The smallest absolute Gasteiger partial charge is 0.228 e. The molecule has 0 atom stereocenters. The standard InChI is InChI=1S/C19H27N3O3S.ClH/c1-6-18(23)22(11-7-10-21(2)3)19-20-16(13-26-19)15-12-14(24-4)8-9-17(15)25-5;/h8-9,12-13H,6-7,10-11H2,1-5H3;1H/p-1. The summed E-state index contributed by atoms with van der Waals surface area (Å²) in [7, 11) is 7.32. The lowest BCUT2D eigenvalue weighted by molar-refractivity contribution is -0.118. The van der Waals surface area contributed by atoms with Gasteiger partial charge in [-0.2, -0.15) is 0 Å². The van der Waals surface area contributed by atoms with Crippen LogP contribution in [0.2, 0.25) is 0 Å². The molecule has 0 unspecified atom stereocenters. The van der Waals surface area contributed by atoms with E-state index >= 15 is 0 Å². The van der Waals surface area contributed by atoms with Crippen molar-refractivity contribution in [2.24, 2.45) is 0 Å². The van der Waals surface area contributed by atoms with Crippen LogP contribution in [0, 0.1) is 0 Å². The molecule has 0 radical (unpaired) electrons. The molecule has 0 fully saturated rings. The number of carbonyl (C=O) groups excluding carboxylic acids is 1. The number of nitrogens with zero attached hydrogens (tertiary/aromatic N) is 3. The number of carbonyl (C=O) groups is 1. The number of hydrogen-bond acceptors (Lipinski definition) is 6. The molecule has 0 aliphatic rings. The van der Waals surface area contributed by atoms with Crippen molar-refractivity contribution >= 4 is 22.4 Å². The Labute approximate surface area is 171 Å². The maximum absolute atomic E-state index is 12.4. The number of anilines is 1. The van der Waals surface area contributed by atoms with Gasteiger partial charge in [-0.3, -0.25) is 9.69 Å². The third-order valence-electron chi connectivity index (χ3n) is 4.00. The Morgan fingerprint density at radius 3 is 2.52 bits per heavy atom. The third-order valence-corrected chi connectivity index (χ3v) is 4.86. The fourth-order valence-corrected chi connectivity index (χ4v) is 3.46. The second-order valence-corrected chi connectivity index (χ2v) is 6.97. The van der Waals surface area contributed by atoms with Crippen molar-refractivity contribution in [1.82, 2.24) is 9.88 Å². The number of hydrogen-bond donors (Lipinski definition) is 0. The van der Waals surface area contributed by atoms with E-state index in [1.807, 2.05) is 44.6 Å². The van der Waals surface area contributed by atoms with Crippen LogP contribution in [-0.2, 0) is 4.79 Å². The van der Waals surface area contributed by atoms with Gasteiger partial charge in [0.25, 0.3) is 0 Å². The van der Waals surface area contributed by atoms with E-state index in [0.29, 0.717) is 13.0 Å². The highest BCUT2D eigenvalue weighted by molar-refractivity contribution is 7.14. The van der Waals surface area contributed by atoms with Crippen LogP contribution in [0.3, 0.4) is 0 Å². The summed E-state index contributed by atoms with van der Waals surface area (Å²) in [5.74, 6) is 1.55. The zero-order chi connectivity index (χ0) is 19.1. The Bertz CT molecular complexity index is 737. The summed E-state index contributed by atoms with van der Waals surface area (Å²) >= 11 is 1.47. The number of methoxy groups -OCH3 is 2. The van der Waals surface area contributed by atoms with Crippen molar-refractivity contribution in [3.05, 3.63) is 23.6 Å². The molecule has 150 valence electrons. The predicted octanol–water partition coefficient (Wildman–Crippen LogP) is 0.526. The largest absolute Gasteiger partial charge is 1.00 e. The molecule has 0 spiro atoms. The van der Waals surface area contributed by atoms with Crippen LogP contribution < -0.4 is 26.8 Å². The average Bonchev–Trinajstić information content (AvgIpc) is 3.13. The molecule has 0 bridgehead atoms. The highest BCUT2D eigenvalue weighted by Crippen LogP contribution is 2.36. The minimum absolute atomic E-state index is 0. The average molecular weight is 413 g/mol. The lowest BCUT2D eigenvalue weighted by Gasteiger charge is -2.20. The molecule has 1 amide bonds. The molecular formula is C19H27ClN3O3S-. The van der Waals surface area contributed by atoms with Crippen molar-refractivity contribution < 1.29 is 26.7 Å². The monoisotopic (exact) mass is 412 g/mol. The van der Waals surface area contributed by atoms with Crippen LogP contribution in [-0.4, -0.2) is 57.2 Å². The minimum atomic E-state index is 0. The fraction of sp³-hybridized carbons (Fsp3) is 0.474. The van der Waals surface area contributed by atoms with Crippen molar-refractivity contribution in [2.45, 2.75) is 19.8 Å². The van der Waals surface area contributed by atoms with Crippen molar-refractivity contribution in [3.63, 3.8) is 0 Å². The van der Waals surface area contributed by atoms with Gasteiger partial charge in [-0.1, -0.05) is 6.92 Å². The number of ether oxygens (including phenoxy) is 2. The summed E-state index contributed by atoms with van der Waals surface area (Å²) in [6.45, 7) is 3.46. The zero-order valence-corrected chi connectivity index (χ0v) is 18.1. The Morgan fingerprint density at radius 1 is 1.19 bits per heavy atom. The van der Waals surface area contributed by atoms with Crippen LogP contribution in [0.4, 0.5) is 5.13 Å². The van der Waals surface area contributed by atoms with E-state index in [4.69, 9.17) is 14.5 Å². The van der Waals surface area contributed by atoms with Crippen LogP contribution in [0.1, 0.15) is 19.8 Å². The van der Waals surface area contributed by atoms with E-state index in [-0.39, 0.29) is 18.3 Å². The summed E-state index contributed by atoms with van der Waals surface area (Å²) in [6, 6.07) is 5.61. The first-order valence-electron chi connectivity index (χ1n) is 8.63. The molecule has 2 aromatic rings. The highest BCUT2D eigenvalue weighted by atomic mass is 35.5. The second kappa shape index (κ2) is 11.1. The number of thiazole rings is 1. The second-order valence-electron chi connectivity index (χ2n) is 6.14. The van der Waals surface area contributed by atoms with Gasteiger partial charge in [0, 0.05) is 23.9 Å². The Kier molecular flexibility index (Phi) is 9.55. The van der Waals surface area contributed by atoms with Crippen molar-refractivity contribution in [1.29, 1.82) is 0 Å². The topological polar surface area (TPSA) is 54.9 Å². The molecular weight excluding hydrogens is 386 g/mol. The molecule has 27 heavy (non-hydrogen) atoms. The predicted molar refractivity (Wildman–Crippen MR) is 106 cm³/mol. The molecule has 1 heterocycles. The quantitative estimate of drug-likeness (QED) is 0.601. The number of rotatable bonds is 9. The Morgan fingerprint density at radius 2 is 1.93 bits per heavy atom. The van der Waals surface area contributed by atoms with Crippen molar-refractivity contribution in [2.75, 3.05) is 46.3 Å². The summed E-state index contributed by atoms with van der Waals surface area (Å²) in [5.41, 5.74) is 1.63. The van der Waals surface area contributed by atoms with Gasteiger partial charge in [-0.15, -0.1) is 11.3 Å². The number of aromatic nitrogens is 1. The Hall–Kier alpha value is -1.83. The molecule has 2 rings (SSSR count). The maximum atomic E-state index is 12.4. The molecule has 0 aliphatic carbocycles. The normalized spacial score (nSPS) is 10.4. The molecule has 0 saturated heterocycles. The van der Waals surface area contributed by atoms with E-state index in [1.54, 1.807) is 19.1 Å². The van der Waals surface area contributed by atoms with E-state index in [2.05, 4.69) is 4.90 Å². The van der Waals surface area contributed by atoms with E-state index in [0.717, 1.165) is 40.9 Å². The van der Waals surface area contributed by atoms with Gasteiger partial charge < -0.3 is 26.8 Å². The number of benzene rings is 1. The summed E-state index contributed by atoms with van der Waals surface area (Å²) in [4.78, 5) is 21.0. The molecule has 1 aromatic heterocycles. The maximum Gasteiger partial charge on any atom is 0.228 e. The van der Waals surface area contributed by atoms with Gasteiger partial charge in [-0.05, 0) is 45.3 Å². The van der Waals surface area contributed by atoms with Gasteiger partial charge in [0.15, 0.2) is 5.13 Å². The zero-order valence-electron chi connectivity index (χ0n) is 16.5. The third kappa shape index (κ3) is 6.09. The first kappa shape index (κ1) is 23.2. The molecule has 1 aromatic carbocycles. The number of halogens is 1. The highest BCUT2D eigenvalue weighted by Gasteiger charge is 2.19. The van der Waals surface area contributed by atoms with E-state index in [9.17, 15) is 4.79 Å². The van der Waals surface area contributed by atoms with Gasteiger partial charge in [0.1, 0.15) is 11.5 Å². The minimum Gasteiger partial charge on any atom is -1.00 e. The van der Waals surface area contributed by atoms with E-state index < -0.39 is 0 Å². The molecule has 0 N–H and O–H groups in total. The van der Waals surface area contributed by atoms with Crippen LogP contribution in [0.15, 0.2) is 23.6 Å². The number of amides is 1. The van der Waals surface area contributed by atoms with Gasteiger partial charge in [0.2, 0.25) is 5.91 Å².